The second kappa shape index (κ2) is 3.65. The molecule has 0 atom stereocenters. The van der Waals surface area contributed by atoms with Gasteiger partial charge in [0.1, 0.15) is 0 Å². The van der Waals surface area contributed by atoms with Crippen LogP contribution in [0.3, 0.4) is 0 Å². The predicted octanol–water partition coefficient (Wildman–Crippen LogP) is 1.41. The summed E-state index contributed by atoms with van der Waals surface area (Å²) in [5.74, 6) is -0.872. The van der Waals surface area contributed by atoms with Crippen LogP contribution < -0.4 is 0 Å². The van der Waals surface area contributed by atoms with Crippen molar-refractivity contribution in [3.05, 3.63) is 24.0 Å². The monoisotopic (exact) mass is 195 g/mol. The summed E-state index contributed by atoms with van der Waals surface area (Å²) in [6.45, 7) is 3.55. The van der Waals surface area contributed by atoms with Crippen LogP contribution in [0.1, 0.15) is 24.3 Å². The largest absolute Gasteiger partial charge is 0.481 e. The number of carboxylic acid groups (broad SMARTS) is 1. The van der Waals surface area contributed by atoms with Crippen LogP contribution in [0.2, 0.25) is 0 Å². The minimum absolute atomic E-state index is 0.295. The van der Waals surface area contributed by atoms with Crippen LogP contribution in [-0.2, 0) is 11.3 Å². The third kappa shape index (κ3) is 2.02. The number of aliphatic carboxylic acids is 1. The Morgan fingerprint density at radius 3 is 2.79 bits per heavy atom. The first kappa shape index (κ1) is 10.5. The highest BCUT2D eigenvalue weighted by Gasteiger charge is 2.27. The van der Waals surface area contributed by atoms with E-state index in [1.54, 1.807) is 36.7 Å². The van der Waals surface area contributed by atoms with Crippen molar-refractivity contribution in [1.82, 2.24) is 4.57 Å². The molecule has 1 heterocycles. The SMILES string of the molecule is CC(C)(Cn1cccc1C=O)C(=O)O. The highest BCUT2D eigenvalue weighted by molar-refractivity contribution is 5.74. The van der Waals surface area contributed by atoms with E-state index in [-0.39, 0.29) is 0 Å². The number of carbonyl (C=O) groups excluding carboxylic acids is 1. The molecule has 14 heavy (non-hydrogen) atoms. The van der Waals surface area contributed by atoms with E-state index in [1.807, 2.05) is 0 Å². The maximum atomic E-state index is 10.8. The lowest BCUT2D eigenvalue weighted by atomic mass is 9.94. The molecule has 1 aromatic heterocycles. The van der Waals surface area contributed by atoms with Crippen molar-refractivity contribution in [3.8, 4) is 0 Å². The van der Waals surface area contributed by atoms with Crippen molar-refractivity contribution in [2.45, 2.75) is 20.4 Å². The lowest BCUT2D eigenvalue weighted by Crippen LogP contribution is -2.29. The molecule has 0 bridgehead atoms. The minimum Gasteiger partial charge on any atom is -0.481 e. The summed E-state index contributed by atoms with van der Waals surface area (Å²) in [5, 5.41) is 8.90. The van der Waals surface area contributed by atoms with Gasteiger partial charge in [-0.2, -0.15) is 0 Å². The molecule has 0 saturated carbocycles. The van der Waals surface area contributed by atoms with Crippen LogP contribution in [0, 0.1) is 5.41 Å². The molecule has 0 fully saturated rings. The van der Waals surface area contributed by atoms with Gasteiger partial charge >= 0.3 is 5.97 Å². The summed E-state index contributed by atoms with van der Waals surface area (Å²) >= 11 is 0. The van der Waals surface area contributed by atoms with Gasteiger partial charge in [0.15, 0.2) is 6.29 Å². The van der Waals surface area contributed by atoms with E-state index in [0.717, 1.165) is 6.29 Å². The van der Waals surface area contributed by atoms with E-state index < -0.39 is 11.4 Å². The number of carbonyl (C=O) groups is 2. The van der Waals surface area contributed by atoms with E-state index in [0.29, 0.717) is 12.2 Å². The van der Waals surface area contributed by atoms with Crippen molar-refractivity contribution in [1.29, 1.82) is 0 Å². The molecule has 0 unspecified atom stereocenters. The Bertz CT molecular complexity index is 352. The van der Waals surface area contributed by atoms with Crippen LogP contribution in [0.4, 0.5) is 0 Å². The summed E-state index contributed by atoms with van der Waals surface area (Å²) in [4.78, 5) is 21.4. The molecule has 76 valence electrons. The lowest BCUT2D eigenvalue weighted by molar-refractivity contribution is -0.147. The molecule has 4 heteroatoms. The van der Waals surface area contributed by atoms with Gasteiger partial charge in [0.05, 0.1) is 11.1 Å². The van der Waals surface area contributed by atoms with E-state index in [4.69, 9.17) is 5.11 Å². The number of rotatable bonds is 4. The maximum absolute atomic E-state index is 10.8. The molecule has 0 aliphatic rings. The lowest BCUT2D eigenvalue weighted by Gasteiger charge is -2.20. The van der Waals surface area contributed by atoms with Gasteiger partial charge in [0.25, 0.3) is 0 Å². The Labute approximate surface area is 82.2 Å². The zero-order chi connectivity index (χ0) is 10.8. The number of aromatic nitrogens is 1. The molecule has 0 amide bonds. The van der Waals surface area contributed by atoms with Crippen LogP contribution in [-0.4, -0.2) is 21.9 Å². The first-order valence-electron chi connectivity index (χ1n) is 4.31. The number of hydrogen-bond acceptors (Lipinski definition) is 2. The second-order valence-corrected chi connectivity index (χ2v) is 3.87. The van der Waals surface area contributed by atoms with Crippen LogP contribution >= 0.6 is 0 Å². The third-order valence-corrected chi connectivity index (χ3v) is 2.13. The summed E-state index contributed by atoms with van der Waals surface area (Å²) < 4.78 is 1.64. The molecule has 0 saturated heterocycles. The second-order valence-electron chi connectivity index (χ2n) is 3.87. The molecule has 1 aromatic rings. The number of aldehydes is 1. The number of hydrogen-bond donors (Lipinski definition) is 1. The molecule has 0 aliphatic carbocycles. The van der Waals surface area contributed by atoms with Gasteiger partial charge in [-0.1, -0.05) is 0 Å². The predicted molar refractivity (Wildman–Crippen MR) is 51.2 cm³/mol. The third-order valence-electron chi connectivity index (χ3n) is 2.13. The Morgan fingerprint density at radius 2 is 2.29 bits per heavy atom. The van der Waals surface area contributed by atoms with Crippen molar-refractivity contribution in [3.63, 3.8) is 0 Å². The van der Waals surface area contributed by atoms with Gasteiger partial charge in [0.2, 0.25) is 0 Å². The van der Waals surface area contributed by atoms with E-state index >= 15 is 0 Å². The average Bonchev–Trinajstić information content (AvgIpc) is 2.50. The van der Waals surface area contributed by atoms with Crippen molar-refractivity contribution < 1.29 is 14.7 Å². The van der Waals surface area contributed by atoms with E-state index in [1.165, 1.54) is 0 Å². The topological polar surface area (TPSA) is 59.3 Å². The summed E-state index contributed by atoms with van der Waals surface area (Å²) in [5.41, 5.74) is -0.365. The van der Waals surface area contributed by atoms with Crippen LogP contribution in [0.15, 0.2) is 18.3 Å². The van der Waals surface area contributed by atoms with Gasteiger partial charge in [-0.25, -0.2) is 0 Å². The van der Waals surface area contributed by atoms with Crippen molar-refractivity contribution in [2.24, 2.45) is 5.41 Å². The first-order chi connectivity index (χ1) is 6.47. The zero-order valence-corrected chi connectivity index (χ0v) is 8.23. The van der Waals surface area contributed by atoms with Gasteiger partial charge in [-0.05, 0) is 26.0 Å². The van der Waals surface area contributed by atoms with Crippen LogP contribution in [0.25, 0.3) is 0 Å². The summed E-state index contributed by atoms with van der Waals surface area (Å²) in [7, 11) is 0. The molecule has 0 spiro atoms. The van der Waals surface area contributed by atoms with Gasteiger partial charge < -0.3 is 9.67 Å². The van der Waals surface area contributed by atoms with Crippen molar-refractivity contribution >= 4 is 12.3 Å². The van der Waals surface area contributed by atoms with E-state index in [9.17, 15) is 9.59 Å². The Hall–Kier alpha value is -1.58. The highest BCUT2D eigenvalue weighted by Crippen LogP contribution is 2.19. The maximum Gasteiger partial charge on any atom is 0.310 e. The highest BCUT2D eigenvalue weighted by atomic mass is 16.4. The van der Waals surface area contributed by atoms with Gasteiger partial charge in [-0.15, -0.1) is 0 Å². The average molecular weight is 195 g/mol. The minimum atomic E-state index is -0.872. The molecule has 1 rings (SSSR count). The fourth-order valence-corrected chi connectivity index (χ4v) is 1.17. The smallest absolute Gasteiger partial charge is 0.310 e. The molecule has 0 radical (unpaired) electrons. The first-order valence-corrected chi connectivity index (χ1v) is 4.31. The molecule has 1 N–H and O–H groups in total. The summed E-state index contributed by atoms with van der Waals surface area (Å²) in [6, 6.07) is 3.38. The Kier molecular flexibility index (Phi) is 2.74. The van der Waals surface area contributed by atoms with Gasteiger partial charge in [-0.3, -0.25) is 9.59 Å². The number of carboxylic acids is 1. The zero-order valence-electron chi connectivity index (χ0n) is 8.23. The molecular formula is C10H13NO3. The van der Waals surface area contributed by atoms with Crippen LogP contribution in [0.5, 0.6) is 0 Å². The van der Waals surface area contributed by atoms with Gasteiger partial charge in [0, 0.05) is 12.7 Å². The van der Waals surface area contributed by atoms with Crippen molar-refractivity contribution in [2.75, 3.05) is 0 Å². The quantitative estimate of drug-likeness (QED) is 0.739. The molecule has 0 aromatic carbocycles. The normalized spacial score (nSPS) is 11.3. The molecule has 4 nitrogen and oxygen atoms in total. The number of nitrogens with zero attached hydrogens (tertiary/aromatic N) is 1. The summed E-state index contributed by atoms with van der Waals surface area (Å²) in [6.07, 6.45) is 2.42. The fraction of sp³-hybridized carbons (Fsp3) is 0.400. The fourth-order valence-electron chi connectivity index (χ4n) is 1.17. The Morgan fingerprint density at radius 1 is 1.64 bits per heavy atom. The standard InChI is InChI=1S/C10H13NO3/c1-10(2,9(13)14)7-11-5-3-4-8(11)6-12/h3-6H,7H2,1-2H3,(H,13,14). The Balaban J connectivity index is 2.88. The molecular weight excluding hydrogens is 182 g/mol. The van der Waals surface area contributed by atoms with E-state index in [2.05, 4.69) is 0 Å². The molecule has 0 aliphatic heterocycles.